The monoisotopic (exact) mass is 406 g/mol. The number of amides is 2. The lowest BCUT2D eigenvalue weighted by molar-refractivity contribution is -0.118. The maximum Gasteiger partial charge on any atom is 0.289 e. The Balaban J connectivity index is 1.37. The van der Waals surface area contributed by atoms with Crippen molar-refractivity contribution in [2.45, 2.75) is 13.0 Å². The molecule has 0 fully saturated rings. The predicted molar refractivity (Wildman–Crippen MR) is 111 cm³/mol. The van der Waals surface area contributed by atoms with E-state index in [4.69, 9.17) is 13.9 Å². The van der Waals surface area contributed by atoms with E-state index in [9.17, 15) is 9.59 Å². The van der Waals surface area contributed by atoms with Crippen LogP contribution in [0.15, 0.2) is 65.3 Å². The fourth-order valence-electron chi connectivity index (χ4n) is 3.40. The molecule has 1 aliphatic rings. The van der Waals surface area contributed by atoms with E-state index >= 15 is 0 Å². The molecule has 0 bridgehead atoms. The van der Waals surface area contributed by atoms with Crippen molar-refractivity contribution >= 4 is 17.5 Å². The fraction of sp³-hybridized carbons (Fsp3) is 0.217. The Morgan fingerprint density at radius 2 is 1.93 bits per heavy atom. The third-order valence-electron chi connectivity index (χ3n) is 4.93. The van der Waals surface area contributed by atoms with Gasteiger partial charge in [-0.2, -0.15) is 0 Å². The molecule has 0 radical (unpaired) electrons. The Kier molecular flexibility index (Phi) is 5.70. The largest absolute Gasteiger partial charge is 0.497 e. The molecule has 3 aromatic rings. The maximum absolute atomic E-state index is 12.5. The van der Waals surface area contributed by atoms with E-state index in [1.54, 1.807) is 48.4 Å². The first-order valence-corrected chi connectivity index (χ1v) is 9.63. The molecule has 0 spiro atoms. The van der Waals surface area contributed by atoms with Gasteiger partial charge in [-0.05, 0) is 53.9 Å². The van der Waals surface area contributed by atoms with Crippen molar-refractivity contribution in [2.24, 2.45) is 0 Å². The number of furan rings is 1. The lowest BCUT2D eigenvalue weighted by Gasteiger charge is -2.28. The summed E-state index contributed by atoms with van der Waals surface area (Å²) in [7, 11) is 1.57. The number of anilines is 1. The van der Waals surface area contributed by atoms with Crippen LogP contribution in [0.25, 0.3) is 0 Å². The average Bonchev–Trinajstić information content (AvgIpc) is 3.32. The highest BCUT2D eigenvalue weighted by Crippen LogP contribution is 2.24. The predicted octanol–water partition coefficient (Wildman–Crippen LogP) is 3.50. The van der Waals surface area contributed by atoms with Crippen LogP contribution in [0.1, 0.15) is 21.7 Å². The molecule has 2 amide bonds. The van der Waals surface area contributed by atoms with Crippen LogP contribution in [0.2, 0.25) is 0 Å². The minimum atomic E-state index is -0.267. The third-order valence-corrected chi connectivity index (χ3v) is 4.93. The van der Waals surface area contributed by atoms with E-state index in [1.165, 1.54) is 11.8 Å². The van der Waals surface area contributed by atoms with E-state index in [0.29, 0.717) is 36.0 Å². The smallest absolute Gasteiger partial charge is 0.289 e. The molecule has 2 heterocycles. The number of nitrogens with one attached hydrogen (secondary N) is 1. The second-order valence-electron chi connectivity index (χ2n) is 6.95. The van der Waals surface area contributed by atoms with Gasteiger partial charge in [0.1, 0.15) is 11.5 Å². The van der Waals surface area contributed by atoms with Gasteiger partial charge < -0.3 is 24.1 Å². The zero-order valence-corrected chi connectivity index (χ0v) is 16.6. The second kappa shape index (κ2) is 8.73. The SMILES string of the molecule is COc1cccc(OCC(=O)Nc2ccc3c(c2)CN(C(=O)c2ccco2)CC3)c1. The summed E-state index contributed by atoms with van der Waals surface area (Å²) in [6.07, 6.45) is 2.25. The van der Waals surface area contributed by atoms with Crippen molar-refractivity contribution in [3.63, 3.8) is 0 Å². The highest BCUT2D eigenvalue weighted by atomic mass is 16.5. The first-order valence-electron chi connectivity index (χ1n) is 9.63. The molecule has 0 saturated heterocycles. The van der Waals surface area contributed by atoms with Gasteiger partial charge in [-0.25, -0.2) is 0 Å². The molecule has 7 heteroatoms. The number of carbonyl (C=O) groups is 2. The van der Waals surface area contributed by atoms with Crippen LogP contribution in [0.3, 0.4) is 0 Å². The second-order valence-corrected chi connectivity index (χ2v) is 6.95. The molecule has 1 aromatic heterocycles. The van der Waals surface area contributed by atoms with Crippen molar-refractivity contribution in [1.82, 2.24) is 4.90 Å². The van der Waals surface area contributed by atoms with Gasteiger partial charge in [-0.3, -0.25) is 9.59 Å². The van der Waals surface area contributed by atoms with Gasteiger partial charge in [0.25, 0.3) is 11.8 Å². The van der Waals surface area contributed by atoms with Crippen LogP contribution in [0, 0.1) is 0 Å². The summed E-state index contributed by atoms with van der Waals surface area (Å²) in [5.74, 6) is 1.15. The van der Waals surface area contributed by atoms with Gasteiger partial charge in [-0.15, -0.1) is 0 Å². The molecular weight excluding hydrogens is 384 g/mol. The Labute approximate surface area is 174 Å². The van der Waals surface area contributed by atoms with E-state index in [2.05, 4.69) is 5.32 Å². The van der Waals surface area contributed by atoms with Crippen LogP contribution in [0.4, 0.5) is 5.69 Å². The number of nitrogens with zero attached hydrogens (tertiary/aromatic N) is 1. The summed E-state index contributed by atoms with van der Waals surface area (Å²) < 4.78 is 15.9. The summed E-state index contributed by atoms with van der Waals surface area (Å²) >= 11 is 0. The molecule has 7 nitrogen and oxygen atoms in total. The van der Waals surface area contributed by atoms with Crippen molar-refractivity contribution in [2.75, 3.05) is 25.6 Å². The van der Waals surface area contributed by atoms with Crippen LogP contribution < -0.4 is 14.8 Å². The number of benzene rings is 2. The van der Waals surface area contributed by atoms with Crippen molar-refractivity contribution in [3.8, 4) is 11.5 Å². The quantitative estimate of drug-likeness (QED) is 0.678. The number of methoxy groups -OCH3 is 1. The first-order chi connectivity index (χ1) is 14.6. The minimum Gasteiger partial charge on any atom is -0.497 e. The molecule has 154 valence electrons. The van der Waals surface area contributed by atoms with Gasteiger partial charge in [0.05, 0.1) is 13.4 Å². The zero-order chi connectivity index (χ0) is 20.9. The normalized spacial score (nSPS) is 12.8. The lowest BCUT2D eigenvalue weighted by Crippen LogP contribution is -2.35. The topological polar surface area (TPSA) is 81.0 Å². The van der Waals surface area contributed by atoms with Crippen LogP contribution >= 0.6 is 0 Å². The molecule has 0 unspecified atom stereocenters. The first kappa shape index (κ1) is 19.6. The standard InChI is InChI=1S/C23H22N2O5/c1-28-19-4-2-5-20(13-19)30-15-22(26)24-18-8-7-16-9-10-25(14-17(16)12-18)23(27)21-6-3-11-29-21/h2-8,11-13H,9-10,14-15H2,1H3,(H,24,26). The number of ether oxygens (including phenoxy) is 2. The molecule has 1 aliphatic heterocycles. The van der Waals surface area contributed by atoms with Crippen LogP contribution in [0.5, 0.6) is 11.5 Å². The number of hydrogen-bond donors (Lipinski definition) is 1. The molecule has 2 aromatic carbocycles. The Hall–Kier alpha value is -3.74. The number of fused-ring (bicyclic) bond motifs is 1. The number of hydrogen-bond acceptors (Lipinski definition) is 5. The van der Waals surface area contributed by atoms with Crippen LogP contribution in [-0.2, 0) is 17.8 Å². The van der Waals surface area contributed by atoms with E-state index < -0.39 is 0 Å². The molecule has 4 rings (SSSR count). The number of carbonyl (C=O) groups excluding carboxylic acids is 2. The summed E-state index contributed by atoms with van der Waals surface area (Å²) in [5, 5.41) is 2.85. The Morgan fingerprint density at radius 3 is 2.73 bits per heavy atom. The zero-order valence-electron chi connectivity index (χ0n) is 16.6. The van der Waals surface area contributed by atoms with E-state index in [0.717, 1.165) is 12.0 Å². The van der Waals surface area contributed by atoms with Gasteiger partial charge in [0, 0.05) is 24.8 Å². The summed E-state index contributed by atoms with van der Waals surface area (Å²) in [6.45, 7) is 0.985. The molecule has 30 heavy (non-hydrogen) atoms. The van der Waals surface area contributed by atoms with Gasteiger partial charge in [-0.1, -0.05) is 12.1 Å². The molecule has 1 N–H and O–H groups in total. The molecule has 0 aliphatic carbocycles. The molecule has 0 saturated carbocycles. The number of rotatable bonds is 6. The van der Waals surface area contributed by atoms with Gasteiger partial charge >= 0.3 is 0 Å². The van der Waals surface area contributed by atoms with E-state index in [1.807, 2.05) is 18.2 Å². The highest BCUT2D eigenvalue weighted by Gasteiger charge is 2.23. The average molecular weight is 406 g/mol. The van der Waals surface area contributed by atoms with Gasteiger partial charge in [0.2, 0.25) is 0 Å². The van der Waals surface area contributed by atoms with Crippen molar-refractivity contribution in [1.29, 1.82) is 0 Å². The molecule has 0 atom stereocenters. The van der Waals surface area contributed by atoms with Gasteiger partial charge in [0.15, 0.2) is 12.4 Å². The lowest BCUT2D eigenvalue weighted by atomic mass is 9.99. The summed E-state index contributed by atoms with van der Waals surface area (Å²) in [6, 6.07) is 16.2. The van der Waals surface area contributed by atoms with Crippen molar-refractivity contribution < 1.29 is 23.5 Å². The fourth-order valence-corrected chi connectivity index (χ4v) is 3.40. The molecular formula is C23H22N2O5. The summed E-state index contributed by atoms with van der Waals surface area (Å²) in [4.78, 5) is 26.6. The minimum absolute atomic E-state index is 0.118. The highest BCUT2D eigenvalue weighted by molar-refractivity contribution is 5.92. The Morgan fingerprint density at radius 1 is 1.07 bits per heavy atom. The van der Waals surface area contributed by atoms with Crippen molar-refractivity contribution in [3.05, 3.63) is 77.7 Å². The van der Waals surface area contributed by atoms with Crippen LogP contribution in [-0.4, -0.2) is 37.0 Å². The maximum atomic E-state index is 12.5. The Bertz CT molecular complexity index is 1050. The summed E-state index contributed by atoms with van der Waals surface area (Å²) in [5.41, 5.74) is 2.84. The van der Waals surface area contributed by atoms with E-state index in [-0.39, 0.29) is 18.4 Å². The third kappa shape index (κ3) is 4.46.